The summed E-state index contributed by atoms with van der Waals surface area (Å²) in [5, 5.41) is 3.96. The second kappa shape index (κ2) is 7.46. The van der Waals surface area contributed by atoms with Crippen molar-refractivity contribution in [3.05, 3.63) is 48.5 Å². The molecule has 150 valence electrons. The van der Waals surface area contributed by atoms with Crippen LogP contribution in [0.5, 0.6) is 11.5 Å². The van der Waals surface area contributed by atoms with E-state index >= 15 is 0 Å². The van der Waals surface area contributed by atoms with E-state index in [2.05, 4.69) is 15.3 Å². The molecule has 2 saturated heterocycles. The Morgan fingerprint density at radius 3 is 2.79 bits per heavy atom. The summed E-state index contributed by atoms with van der Waals surface area (Å²) in [7, 11) is 1.59. The number of nitrogens with zero attached hydrogens (tertiary/aromatic N) is 2. The molecule has 1 aromatic heterocycles. The lowest BCUT2D eigenvalue weighted by atomic mass is 10.1. The van der Waals surface area contributed by atoms with E-state index in [1.807, 2.05) is 12.1 Å². The van der Waals surface area contributed by atoms with E-state index in [1.54, 1.807) is 19.2 Å². The number of hydrogen-bond acceptors (Lipinski definition) is 7. The minimum atomic E-state index is -0.295. The van der Waals surface area contributed by atoms with Crippen LogP contribution in [0.15, 0.2) is 42.7 Å². The molecule has 0 bridgehead atoms. The monoisotopic (exact) mass is 397 g/mol. The van der Waals surface area contributed by atoms with Crippen LogP contribution in [0.25, 0.3) is 10.9 Å². The topological polar surface area (TPSA) is 74.7 Å². The molecule has 3 atom stereocenters. The summed E-state index contributed by atoms with van der Waals surface area (Å²) in [6, 6.07) is 9.74. The van der Waals surface area contributed by atoms with Crippen molar-refractivity contribution in [2.24, 2.45) is 0 Å². The molecule has 5 rings (SSSR count). The molecule has 0 radical (unpaired) electrons. The van der Waals surface area contributed by atoms with E-state index in [0.29, 0.717) is 36.0 Å². The summed E-state index contributed by atoms with van der Waals surface area (Å²) in [5.41, 5.74) is 1.42. The normalized spacial score (nSPS) is 23.2. The number of fused-ring (bicyclic) bond motifs is 2. The maximum atomic E-state index is 13.2. The van der Waals surface area contributed by atoms with Crippen molar-refractivity contribution in [1.82, 2.24) is 9.97 Å². The Hall–Kier alpha value is -2.97. The largest absolute Gasteiger partial charge is 0.493 e. The summed E-state index contributed by atoms with van der Waals surface area (Å²) in [4.78, 5) is 8.69. The van der Waals surface area contributed by atoms with Crippen molar-refractivity contribution in [2.75, 3.05) is 25.6 Å². The van der Waals surface area contributed by atoms with Gasteiger partial charge in [-0.1, -0.05) is 0 Å². The highest BCUT2D eigenvalue weighted by molar-refractivity contribution is 5.93. The molecule has 0 aliphatic carbocycles. The Balaban J connectivity index is 1.46. The molecule has 8 heteroatoms. The number of anilines is 2. The molecule has 1 N–H and O–H groups in total. The number of aromatic nitrogens is 2. The predicted molar refractivity (Wildman–Crippen MR) is 104 cm³/mol. The number of nitrogens with one attached hydrogen (secondary N) is 1. The summed E-state index contributed by atoms with van der Waals surface area (Å²) in [6.45, 7) is 1.17. The lowest BCUT2D eigenvalue weighted by molar-refractivity contribution is 0.0298. The first-order chi connectivity index (χ1) is 14.2. The number of halogens is 1. The maximum absolute atomic E-state index is 13.2. The molecule has 0 amide bonds. The second-order valence-corrected chi connectivity index (χ2v) is 7.03. The fourth-order valence-electron chi connectivity index (χ4n) is 3.78. The van der Waals surface area contributed by atoms with Gasteiger partial charge in [0.05, 0.1) is 25.3 Å². The minimum Gasteiger partial charge on any atom is -0.493 e. The molecule has 2 aliphatic heterocycles. The van der Waals surface area contributed by atoms with Gasteiger partial charge in [-0.3, -0.25) is 0 Å². The van der Waals surface area contributed by atoms with E-state index in [4.69, 9.17) is 18.9 Å². The van der Waals surface area contributed by atoms with Gasteiger partial charge in [-0.25, -0.2) is 14.4 Å². The van der Waals surface area contributed by atoms with Crippen LogP contribution < -0.4 is 14.8 Å². The van der Waals surface area contributed by atoms with E-state index < -0.39 is 0 Å². The number of methoxy groups -OCH3 is 1. The molecule has 3 heterocycles. The highest BCUT2D eigenvalue weighted by Gasteiger charge is 2.43. The van der Waals surface area contributed by atoms with Gasteiger partial charge in [0.2, 0.25) is 0 Å². The first-order valence-electron chi connectivity index (χ1n) is 9.46. The zero-order chi connectivity index (χ0) is 19.8. The molecule has 7 nitrogen and oxygen atoms in total. The lowest BCUT2D eigenvalue weighted by Gasteiger charge is -2.20. The average molecular weight is 397 g/mol. The van der Waals surface area contributed by atoms with Crippen LogP contribution in [0.1, 0.15) is 6.42 Å². The van der Waals surface area contributed by atoms with Gasteiger partial charge in [0.15, 0.2) is 17.6 Å². The molecule has 2 aliphatic rings. The van der Waals surface area contributed by atoms with Crippen molar-refractivity contribution in [1.29, 1.82) is 0 Å². The van der Waals surface area contributed by atoms with Gasteiger partial charge in [0.1, 0.15) is 24.1 Å². The number of hydrogen-bond donors (Lipinski definition) is 1. The Kier molecular flexibility index (Phi) is 4.65. The van der Waals surface area contributed by atoms with E-state index in [-0.39, 0.29) is 24.1 Å². The average Bonchev–Trinajstić information content (AvgIpc) is 3.35. The fourth-order valence-corrected chi connectivity index (χ4v) is 3.78. The van der Waals surface area contributed by atoms with Crippen LogP contribution in [0, 0.1) is 5.82 Å². The second-order valence-electron chi connectivity index (χ2n) is 7.03. The van der Waals surface area contributed by atoms with Crippen molar-refractivity contribution in [3.63, 3.8) is 0 Å². The third-order valence-electron chi connectivity index (χ3n) is 5.23. The van der Waals surface area contributed by atoms with E-state index in [0.717, 1.165) is 17.5 Å². The Morgan fingerprint density at radius 2 is 1.97 bits per heavy atom. The summed E-state index contributed by atoms with van der Waals surface area (Å²) in [6.07, 6.45) is 2.22. The number of rotatable bonds is 5. The van der Waals surface area contributed by atoms with Crippen LogP contribution in [0.4, 0.5) is 15.9 Å². The predicted octanol–water partition coefficient (Wildman–Crippen LogP) is 3.46. The first-order valence-corrected chi connectivity index (χ1v) is 9.46. The van der Waals surface area contributed by atoms with E-state index in [1.165, 1.54) is 18.5 Å². The van der Waals surface area contributed by atoms with Gasteiger partial charge in [-0.15, -0.1) is 0 Å². The standard InChI is InChI=1S/C21H20FN3O4/c1-26-17-8-14-15(9-18(17)29-19-10-28-16-6-7-27-20(16)19)23-11-24-21(14)25-13-4-2-12(22)3-5-13/h2-5,8-9,11,16,19-20H,6-7,10H2,1H3,(H,23,24,25)/t16?,19-,20?/m1/s1. The van der Waals surface area contributed by atoms with Gasteiger partial charge in [-0.2, -0.15) is 0 Å². The van der Waals surface area contributed by atoms with Crippen LogP contribution >= 0.6 is 0 Å². The molecule has 3 aromatic rings. The van der Waals surface area contributed by atoms with Gasteiger partial charge in [-0.05, 0) is 36.8 Å². The third kappa shape index (κ3) is 3.45. The summed E-state index contributed by atoms with van der Waals surface area (Å²) in [5.74, 6) is 1.44. The van der Waals surface area contributed by atoms with Crippen molar-refractivity contribution in [3.8, 4) is 11.5 Å². The zero-order valence-electron chi connectivity index (χ0n) is 15.8. The zero-order valence-corrected chi connectivity index (χ0v) is 15.8. The Labute approximate surface area is 166 Å². The molecule has 0 saturated carbocycles. The van der Waals surface area contributed by atoms with Gasteiger partial charge >= 0.3 is 0 Å². The molecule has 2 unspecified atom stereocenters. The smallest absolute Gasteiger partial charge is 0.164 e. The molecular formula is C21H20FN3O4. The van der Waals surface area contributed by atoms with Gasteiger partial charge in [0.25, 0.3) is 0 Å². The van der Waals surface area contributed by atoms with Crippen LogP contribution in [0.3, 0.4) is 0 Å². The van der Waals surface area contributed by atoms with Crippen LogP contribution in [-0.4, -0.2) is 48.6 Å². The molecule has 2 fully saturated rings. The summed E-state index contributed by atoms with van der Waals surface area (Å²) < 4.78 is 36.4. The molecule has 0 spiro atoms. The van der Waals surface area contributed by atoms with Crippen LogP contribution in [-0.2, 0) is 9.47 Å². The Bertz CT molecular complexity index is 1030. The molecular weight excluding hydrogens is 377 g/mol. The van der Waals surface area contributed by atoms with Crippen LogP contribution in [0.2, 0.25) is 0 Å². The highest BCUT2D eigenvalue weighted by Crippen LogP contribution is 2.37. The van der Waals surface area contributed by atoms with Crippen molar-refractivity contribution < 1.29 is 23.3 Å². The number of ether oxygens (including phenoxy) is 4. The Morgan fingerprint density at radius 1 is 1.10 bits per heavy atom. The maximum Gasteiger partial charge on any atom is 0.164 e. The first kappa shape index (κ1) is 18.1. The van der Waals surface area contributed by atoms with E-state index in [9.17, 15) is 4.39 Å². The SMILES string of the molecule is COc1cc2c(Nc3ccc(F)cc3)ncnc2cc1O[C@@H]1COC2CCOC21. The van der Waals surface area contributed by atoms with Gasteiger partial charge < -0.3 is 24.3 Å². The summed E-state index contributed by atoms with van der Waals surface area (Å²) >= 11 is 0. The fraction of sp³-hybridized carbons (Fsp3) is 0.333. The number of benzene rings is 2. The minimum absolute atomic E-state index is 0.0588. The highest BCUT2D eigenvalue weighted by atomic mass is 19.1. The molecule has 2 aromatic carbocycles. The lowest BCUT2D eigenvalue weighted by Crippen LogP contribution is -2.32. The van der Waals surface area contributed by atoms with Gasteiger partial charge in [0, 0.05) is 23.7 Å². The van der Waals surface area contributed by atoms with Crippen molar-refractivity contribution >= 4 is 22.4 Å². The van der Waals surface area contributed by atoms with Crippen molar-refractivity contribution in [2.45, 2.75) is 24.7 Å². The molecule has 29 heavy (non-hydrogen) atoms. The quantitative estimate of drug-likeness (QED) is 0.707. The third-order valence-corrected chi connectivity index (χ3v) is 5.23.